The van der Waals surface area contributed by atoms with Gasteiger partial charge in [0.1, 0.15) is 0 Å². The number of hydrogen-bond acceptors (Lipinski definition) is 1. The smallest absolute Gasteiger partial charge is 0.228 e. The van der Waals surface area contributed by atoms with Crippen molar-refractivity contribution < 1.29 is 6.22 Å². The van der Waals surface area contributed by atoms with Crippen LogP contribution >= 0.6 is 0 Å². The van der Waals surface area contributed by atoms with E-state index in [4.69, 9.17) is 0 Å². The maximum Gasteiger partial charge on any atom is 0.228 e. The third kappa shape index (κ3) is 1.30. The molecule has 0 bridgehead atoms. The standard InChI is InChI=1S/C9H9NO.C2H6.H2/c11-8-4-6-2-1-5-3-7(5)9(6)10-8;1-2;/h1-2,5,7H,3-4H2,(H,10,11);1-2H3;1H. The molecule has 0 radical (unpaired) electrons. The maximum atomic E-state index is 11.0. The zero-order valence-electron chi connectivity index (χ0n) is 8.13. The second-order valence-electron chi connectivity index (χ2n) is 3.53. The molecule has 0 aromatic carbocycles. The largest absolute Gasteiger partial charge is 0.329 e. The van der Waals surface area contributed by atoms with E-state index in [0.29, 0.717) is 12.3 Å². The molecule has 72 valence electrons. The van der Waals surface area contributed by atoms with Crippen LogP contribution in [0.4, 0.5) is 0 Å². The van der Waals surface area contributed by atoms with E-state index in [1.54, 1.807) is 0 Å². The molecule has 0 saturated heterocycles. The van der Waals surface area contributed by atoms with Crippen molar-refractivity contribution >= 4 is 5.91 Å². The molecule has 1 fully saturated rings. The van der Waals surface area contributed by atoms with Gasteiger partial charge in [0, 0.05) is 13.0 Å². The predicted molar refractivity (Wildman–Crippen MR) is 54.0 cm³/mol. The molecule has 1 amide bonds. The average molecular weight is 179 g/mol. The third-order valence-corrected chi connectivity index (χ3v) is 2.73. The monoisotopic (exact) mass is 179 g/mol. The molecule has 2 atom stereocenters. The van der Waals surface area contributed by atoms with E-state index in [2.05, 4.69) is 17.5 Å². The number of amides is 1. The van der Waals surface area contributed by atoms with Crippen LogP contribution in [0.3, 0.4) is 0 Å². The molecule has 0 aromatic heterocycles. The van der Waals surface area contributed by atoms with Crippen molar-refractivity contribution in [3.8, 4) is 0 Å². The Kier molecular flexibility index (Phi) is 1.98. The molecule has 2 nitrogen and oxygen atoms in total. The van der Waals surface area contributed by atoms with Gasteiger partial charge in [-0.15, -0.1) is 0 Å². The molecule has 2 heteroatoms. The van der Waals surface area contributed by atoms with E-state index in [-0.39, 0.29) is 7.33 Å². The molecule has 13 heavy (non-hydrogen) atoms. The Morgan fingerprint density at radius 2 is 2.31 bits per heavy atom. The number of allylic oxidation sites excluding steroid dienone is 3. The molecule has 1 aliphatic heterocycles. The van der Waals surface area contributed by atoms with E-state index in [0.717, 1.165) is 5.92 Å². The number of carbonyl (C=O) groups is 1. The second-order valence-corrected chi connectivity index (χ2v) is 3.53. The van der Waals surface area contributed by atoms with Crippen molar-refractivity contribution in [3.63, 3.8) is 0 Å². The lowest BCUT2D eigenvalue weighted by Crippen LogP contribution is -2.16. The number of rotatable bonds is 0. The van der Waals surface area contributed by atoms with E-state index in [1.165, 1.54) is 17.7 Å². The number of nitrogens with one attached hydrogen (secondary N) is 1. The molecular weight excluding hydrogens is 162 g/mol. The zero-order chi connectivity index (χ0) is 9.42. The molecule has 1 heterocycles. The minimum absolute atomic E-state index is 0. The summed E-state index contributed by atoms with van der Waals surface area (Å²) in [5.74, 6) is 1.58. The fourth-order valence-corrected chi connectivity index (χ4v) is 2.02. The molecule has 2 aliphatic carbocycles. The first-order valence-electron chi connectivity index (χ1n) is 5.06. The van der Waals surface area contributed by atoms with Crippen molar-refractivity contribution in [2.75, 3.05) is 0 Å². The minimum Gasteiger partial charge on any atom is -0.329 e. The van der Waals surface area contributed by atoms with Gasteiger partial charge in [-0.1, -0.05) is 26.0 Å². The lowest BCUT2D eigenvalue weighted by atomic mass is 10.0. The summed E-state index contributed by atoms with van der Waals surface area (Å²) in [5, 5.41) is 2.94. The average Bonchev–Trinajstić information content (AvgIpc) is 2.85. The zero-order valence-corrected chi connectivity index (χ0v) is 8.13. The Morgan fingerprint density at radius 1 is 1.54 bits per heavy atom. The number of hydrogen-bond donors (Lipinski definition) is 1. The Morgan fingerprint density at radius 3 is 3.08 bits per heavy atom. The fraction of sp³-hybridized carbons (Fsp3) is 0.545. The number of fused-ring (bicyclic) bond motifs is 2. The molecular formula is C11H17NO. The van der Waals surface area contributed by atoms with Gasteiger partial charge in [0.2, 0.25) is 5.91 Å². The molecule has 3 rings (SSSR count). The van der Waals surface area contributed by atoms with Crippen LogP contribution in [0.25, 0.3) is 0 Å². The normalized spacial score (nSPS) is 32.9. The molecule has 1 saturated carbocycles. The van der Waals surface area contributed by atoms with Crippen LogP contribution in [-0.2, 0) is 4.79 Å². The van der Waals surface area contributed by atoms with E-state index < -0.39 is 0 Å². The topological polar surface area (TPSA) is 29.1 Å². The van der Waals surface area contributed by atoms with Crippen LogP contribution < -0.4 is 5.32 Å². The van der Waals surface area contributed by atoms with Crippen LogP contribution in [-0.4, -0.2) is 5.91 Å². The van der Waals surface area contributed by atoms with Crippen molar-refractivity contribution in [1.82, 2.24) is 5.32 Å². The van der Waals surface area contributed by atoms with Gasteiger partial charge in [0.15, 0.2) is 0 Å². The van der Waals surface area contributed by atoms with Crippen molar-refractivity contribution in [2.24, 2.45) is 11.8 Å². The van der Waals surface area contributed by atoms with Crippen LogP contribution in [0.2, 0.25) is 0 Å². The SMILES string of the molecule is CC.O=C1CC2=C(N1)C1CC1C=C2.[HH]. The predicted octanol–water partition coefficient (Wildman–Crippen LogP) is 2.24. The van der Waals surface area contributed by atoms with E-state index in [9.17, 15) is 4.79 Å². The van der Waals surface area contributed by atoms with Crippen LogP contribution in [0.15, 0.2) is 23.4 Å². The summed E-state index contributed by atoms with van der Waals surface area (Å²) in [4.78, 5) is 11.0. The first-order valence-corrected chi connectivity index (χ1v) is 5.06. The number of carbonyl (C=O) groups excluding carboxylic acids is 1. The molecule has 3 aliphatic rings. The lowest BCUT2D eigenvalue weighted by molar-refractivity contribution is -0.118. The van der Waals surface area contributed by atoms with Gasteiger partial charge in [0.25, 0.3) is 0 Å². The highest BCUT2D eigenvalue weighted by atomic mass is 16.1. The first-order chi connectivity index (χ1) is 6.34. The Labute approximate surface area is 80.2 Å². The van der Waals surface area contributed by atoms with Gasteiger partial charge in [-0.3, -0.25) is 4.79 Å². The van der Waals surface area contributed by atoms with Crippen molar-refractivity contribution in [3.05, 3.63) is 23.4 Å². The van der Waals surface area contributed by atoms with Gasteiger partial charge in [-0.25, -0.2) is 0 Å². The third-order valence-electron chi connectivity index (χ3n) is 2.73. The van der Waals surface area contributed by atoms with Gasteiger partial charge in [-0.05, 0) is 17.9 Å². The quantitative estimate of drug-likeness (QED) is 0.607. The summed E-state index contributed by atoms with van der Waals surface area (Å²) in [5.41, 5.74) is 2.45. The minimum atomic E-state index is 0. The molecule has 1 N–H and O–H groups in total. The van der Waals surface area contributed by atoms with E-state index in [1.807, 2.05) is 13.8 Å². The Hall–Kier alpha value is -1.05. The summed E-state index contributed by atoms with van der Waals surface area (Å²) in [6.07, 6.45) is 6.20. The highest BCUT2D eigenvalue weighted by Crippen LogP contribution is 2.49. The fourth-order valence-electron chi connectivity index (χ4n) is 2.02. The summed E-state index contributed by atoms with van der Waals surface area (Å²) < 4.78 is 0. The summed E-state index contributed by atoms with van der Waals surface area (Å²) >= 11 is 0. The lowest BCUT2D eigenvalue weighted by Gasteiger charge is -2.05. The molecule has 0 aromatic rings. The van der Waals surface area contributed by atoms with Gasteiger partial charge in [-0.2, -0.15) is 0 Å². The molecule has 2 unspecified atom stereocenters. The molecule has 0 spiro atoms. The second kappa shape index (κ2) is 3.02. The van der Waals surface area contributed by atoms with E-state index >= 15 is 0 Å². The van der Waals surface area contributed by atoms with Crippen molar-refractivity contribution in [1.29, 1.82) is 0 Å². The van der Waals surface area contributed by atoms with Gasteiger partial charge < -0.3 is 5.32 Å². The first kappa shape index (κ1) is 8.54. The Bertz CT molecular complexity index is 306. The summed E-state index contributed by atoms with van der Waals surface area (Å²) in [6.45, 7) is 4.00. The summed E-state index contributed by atoms with van der Waals surface area (Å²) in [6, 6.07) is 0. The van der Waals surface area contributed by atoms with Crippen LogP contribution in [0.5, 0.6) is 0 Å². The van der Waals surface area contributed by atoms with Crippen LogP contribution in [0, 0.1) is 11.8 Å². The maximum absolute atomic E-state index is 11.0. The summed E-state index contributed by atoms with van der Waals surface area (Å²) in [7, 11) is 0. The highest BCUT2D eigenvalue weighted by molar-refractivity contribution is 5.85. The van der Waals surface area contributed by atoms with Gasteiger partial charge in [0.05, 0.1) is 6.42 Å². The highest BCUT2D eigenvalue weighted by Gasteiger charge is 2.43. The van der Waals surface area contributed by atoms with Crippen LogP contribution in [0.1, 0.15) is 28.1 Å². The van der Waals surface area contributed by atoms with Gasteiger partial charge >= 0.3 is 0 Å². The van der Waals surface area contributed by atoms with Crippen molar-refractivity contribution in [2.45, 2.75) is 26.7 Å². The Balaban J connectivity index is 0.000000309.